The molecule has 5 heteroatoms. The monoisotopic (exact) mass is 198 g/mol. The van der Waals surface area contributed by atoms with E-state index in [1.165, 1.54) is 5.01 Å². The highest BCUT2D eigenvalue weighted by atomic mass is 16.2. The third-order valence-corrected chi connectivity index (χ3v) is 2.16. The van der Waals surface area contributed by atoms with Crippen LogP contribution in [-0.4, -0.2) is 34.3 Å². The molecule has 1 rings (SSSR count). The number of hydrogen-bond acceptors (Lipinski definition) is 3. The normalized spacial score (nSPS) is 16.3. The maximum Gasteiger partial charge on any atom is 0.248 e. The molecular weight excluding hydrogens is 184 g/mol. The smallest absolute Gasteiger partial charge is 0.248 e. The molecule has 0 aliphatic carbocycles. The third-order valence-electron chi connectivity index (χ3n) is 2.16. The molecule has 5 nitrogen and oxygen atoms in total. The molecule has 0 N–H and O–H groups in total. The molecule has 0 aromatic heterocycles. The summed E-state index contributed by atoms with van der Waals surface area (Å²) in [5.74, 6) is -0.756. The Labute approximate surface area is 82.6 Å². The Morgan fingerprint density at radius 3 is 2.14 bits per heavy atom. The summed E-state index contributed by atoms with van der Waals surface area (Å²) in [6, 6.07) is 0. The van der Waals surface area contributed by atoms with Crippen molar-refractivity contribution in [3.63, 3.8) is 0 Å². The predicted octanol–water partition coefficient (Wildman–Crippen LogP) is 0.309. The van der Waals surface area contributed by atoms with Gasteiger partial charge < -0.3 is 0 Å². The summed E-state index contributed by atoms with van der Waals surface area (Å²) in [4.78, 5) is 34.0. The van der Waals surface area contributed by atoms with Crippen molar-refractivity contribution in [2.75, 3.05) is 6.54 Å². The molecule has 1 aliphatic heterocycles. The van der Waals surface area contributed by atoms with E-state index in [1.807, 2.05) is 0 Å². The number of imide groups is 1. The highest BCUT2D eigenvalue weighted by molar-refractivity contribution is 6.03. The maximum absolute atomic E-state index is 11.4. The second-order valence-electron chi connectivity index (χ2n) is 3.06. The molecule has 0 spiro atoms. The van der Waals surface area contributed by atoms with Gasteiger partial charge in [0.2, 0.25) is 17.7 Å². The standard InChI is InChI=1S/C9H14N2O3/c1-3-7(12)10(4-2)11-8(13)5-6-9(11)14/h3-6H2,1-2H3. The van der Waals surface area contributed by atoms with Gasteiger partial charge in [0.05, 0.1) is 0 Å². The van der Waals surface area contributed by atoms with E-state index in [0.29, 0.717) is 13.0 Å². The maximum atomic E-state index is 11.4. The van der Waals surface area contributed by atoms with Gasteiger partial charge >= 0.3 is 0 Å². The zero-order valence-corrected chi connectivity index (χ0v) is 8.45. The third kappa shape index (κ3) is 1.76. The lowest BCUT2D eigenvalue weighted by Gasteiger charge is -2.28. The molecule has 1 saturated heterocycles. The van der Waals surface area contributed by atoms with Crippen LogP contribution in [0.1, 0.15) is 33.1 Å². The quantitative estimate of drug-likeness (QED) is 0.613. The number of hydrogen-bond donors (Lipinski definition) is 0. The van der Waals surface area contributed by atoms with Gasteiger partial charge in [0.1, 0.15) is 0 Å². The Bertz CT molecular complexity index is 259. The van der Waals surface area contributed by atoms with Crippen molar-refractivity contribution in [2.24, 2.45) is 0 Å². The number of carbonyl (C=O) groups is 3. The van der Waals surface area contributed by atoms with Crippen LogP contribution in [0.3, 0.4) is 0 Å². The predicted molar refractivity (Wildman–Crippen MR) is 48.8 cm³/mol. The van der Waals surface area contributed by atoms with E-state index in [1.54, 1.807) is 13.8 Å². The van der Waals surface area contributed by atoms with Crippen molar-refractivity contribution in [2.45, 2.75) is 33.1 Å². The lowest BCUT2D eigenvalue weighted by molar-refractivity contribution is -0.167. The van der Waals surface area contributed by atoms with Gasteiger partial charge in [-0.2, -0.15) is 5.01 Å². The topological polar surface area (TPSA) is 57.7 Å². The average molecular weight is 198 g/mol. The van der Waals surface area contributed by atoms with E-state index < -0.39 is 0 Å². The fourth-order valence-electron chi connectivity index (χ4n) is 1.45. The van der Waals surface area contributed by atoms with E-state index in [-0.39, 0.29) is 30.6 Å². The molecule has 3 amide bonds. The SMILES string of the molecule is CCC(=O)N(CC)N1C(=O)CCC1=O. The minimum absolute atomic E-state index is 0.198. The lowest BCUT2D eigenvalue weighted by atomic mass is 10.4. The number of hydrazine groups is 1. The van der Waals surface area contributed by atoms with E-state index >= 15 is 0 Å². The van der Waals surface area contributed by atoms with Crippen LogP contribution in [0, 0.1) is 0 Å². The van der Waals surface area contributed by atoms with Crippen LogP contribution < -0.4 is 0 Å². The summed E-state index contributed by atoms with van der Waals surface area (Å²) < 4.78 is 0. The van der Waals surface area contributed by atoms with E-state index in [0.717, 1.165) is 5.01 Å². The van der Waals surface area contributed by atoms with Gasteiger partial charge in [-0.25, -0.2) is 5.01 Å². The molecule has 1 fully saturated rings. The Hall–Kier alpha value is -1.39. The van der Waals surface area contributed by atoms with Crippen LogP contribution in [0.25, 0.3) is 0 Å². The Kier molecular flexibility index (Phi) is 3.22. The second-order valence-corrected chi connectivity index (χ2v) is 3.06. The van der Waals surface area contributed by atoms with Crippen LogP contribution in [0.2, 0.25) is 0 Å². The first-order valence-corrected chi connectivity index (χ1v) is 4.77. The first-order chi connectivity index (χ1) is 6.61. The number of rotatable bonds is 3. The van der Waals surface area contributed by atoms with Gasteiger partial charge in [-0.3, -0.25) is 14.4 Å². The fourth-order valence-corrected chi connectivity index (χ4v) is 1.45. The highest BCUT2D eigenvalue weighted by Gasteiger charge is 2.35. The number of carbonyl (C=O) groups excluding carboxylic acids is 3. The van der Waals surface area contributed by atoms with Gasteiger partial charge in [-0.15, -0.1) is 0 Å². The molecule has 0 aromatic rings. The molecule has 14 heavy (non-hydrogen) atoms. The summed E-state index contributed by atoms with van der Waals surface area (Å²) in [5.41, 5.74) is 0. The summed E-state index contributed by atoms with van der Waals surface area (Å²) in [6.07, 6.45) is 0.726. The summed E-state index contributed by atoms with van der Waals surface area (Å²) in [7, 11) is 0. The molecule has 1 aliphatic rings. The van der Waals surface area contributed by atoms with Crippen LogP contribution in [0.15, 0.2) is 0 Å². The van der Waals surface area contributed by atoms with Gasteiger partial charge in [-0.05, 0) is 6.92 Å². The highest BCUT2D eigenvalue weighted by Crippen LogP contribution is 2.15. The molecular formula is C9H14N2O3. The van der Waals surface area contributed by atoms with Crippen LogP contribution in [-0.2, 0) is 14.4 Å². The molecule has 0 saturated carbocycles. The van der Waals surface area contributed by atoms with Gasteiger partial charge in [0, 0.05) is 25.8 Å². The van der Waals surface area contributed by atoms with E-state index in [9.17, 15) is 14.4 Å². The molecule has 0 bridgehead atoms. The second kappa shape index (κ2) is 4.21. The van der Waals surface area contributed by atoms with Gasteiger partial charge in [0.25, 0.3) is 0 Å². The number of nitrogens with zero attached hydrogens (tertiary/aromatic N) is 2. The van der Waals surface area contributed by atoms with E-state index in [4.69, 9.17) is 0 Å². The van der Waals surface area contributed by atoms with Gasteiger partial charge in [0.15, 0.2) is 0 Å². The molecule has 0 atom stereocenters. The molecule has 0 aromatic carbocycles. The largest absolute Gasteiger partial charge is 0.273 e. The van der Waals surface area contributed by atoms with Crippen LogP contribution in [0.5, 0.6) is 0 Å². The van der Waals surface area contributed by atoms with Crippen molar-refractivity contribution in [3.8, 4) is 0 Å². The Balaban J connectivity index is 2.82. The van der Waals surface area contributed by atoms with Crippen LogP contribution in [0.4, 0.5) is 0 Å². The summed E-state index contributed by atoms with van der Waals surface area (Å²) >= 11 is 0. The van der Waals surface area contributed by atoms with E-state index in [2.05, 4.69) is 0 Å². The fraction of sp³-hybridized carbons (Fsp3) is 0.667. The average Bonchev–Trinajstić information content (AvgIpc) is 2.50. The Morgan fingerprint density at radius 2 is 1.79 bits per heavy atom. The van der Waals surface area contributed by atoms with Crippen molar-refractivity contribution in [1.82, 2.24) is 10.0 Å². The minimum atomic E-state index is -0.279. The first kappa shape index (κ1) is 10.7. The molecule has 0 unspecified atom stereocenters. The van der Waals surface area contributed by atoms with Crippen molar-refractivity contribution in [3.05, 3.63) is 0 Å². The van der Waals surface area contributed by atoms with Gasteiger partial charge in [-0.1, -0.05) is 6.92 Å². The zero-order valence-electron chi connectivity index (χ0n) is 8.45. The number of amides is 3. The van der Waals surface area contributed by atoms with Crippen molar-refractivity contribution in [1.29, 1.82) is 0 Å². The Morgan fingerprint density at radius 1 is 1.29 bits per heavy atom. The summed E-state index contributed by atoms with van der Waals surface area (Å²) in [6.45, 7) is 3.80. The molecule has 1 heterocycles. The lowest BCUT2D eigenvalue weighted by Crippen LogP contribution is -2.48. The van der Waals surface area contributed by atoms with Crippen molar-refractivity contribution >= 4 is 17.7 Å². The van der Waals surface area contributed by atoms with Crippen molar-refractivity contribution < 1.29 is 14.4 Å². The molecule has 0 radical (unpaired) electrons. The zero-order chi connectivity index (χ0) is 10.7. The minimum Gasteiger partial charge on any atom is -0.273 e. The summed E-state index contributed by atoms with van der Waals surface area (Å²) in [5, 5.41) is 2.20. The first-order valence-electron chi connectivity index (χ1n) is 4.77. The van der Waals surface area contributed by atoms with Crippen LogP contribution >= 0.6 is 0 Å². The molecule has 78 valence electrons.